The van der Waals surface area contributed by atoms with Gasteiger partial charge in [0.2, 0.25) is 0 Å². The monoisotopic (exact) mass is 333 g/mol. The van der Waals surface area contributed by atoms with Crippen LogP contribution in [0.3, 0.4) is 0 Å². The Balaban J connectivity index is 2.15. The van der Waals surface area contributed by atoms with E-state index in [1.54, 1.807) is 6.20 Å². The number of anilines is 1. The van der Waals surface area contributed by atoms with Gasteiger partial charge in [-0.15, -0.1) is 0 Å². The Bertz CT molecular complexity index is 540. The summed E-state index contributed by atoms with van der Waals surface area (Å²) in [5.74, 6) is 0.625. The summed E-state index contributed by atoms with van der Waals surface area (Å²) in [6.45, 7) is 10.0. The van der Waals surface area contributed by atoms with Gasteiger partial charge in [0.1, 0.15) is 11.4 Å². The van der Waals surface area contributed by atoms with E-state index in [4.69, 9.17) is 4.74 Å². The smallest absolute Gasteiger partial charge is 0.413 e. The molecule has 0 radical (unpaired) electrons. The first-order chi connectivity index (χ1) is 11.4. The van der Waals surface area contributed by atoms with Crippen molar-refractivity contribution in [3.63, 3.8) is 0 Å². The minimum Gasteiger partial charge on any atom is -0.444 e. The van der Waals surface area contributed by atoms with Gasteiger partial charge in [0.25, 0.3) is 0 Å². The molecule has 1 aromatic heterocycles. The predicted octanol–water partition coefficient (Wildman–Crippen LogP) is 4.76. The Kier molecular flexibility index (Phi) is 6.60. The van der Waals surface area contributed by atoms with Crippen LogP contribution in [0.15, 0.2) is 18.3 Å². The minimum atomic E-state index is -0.517. The number of piperidine rings is 1. The maximum atomic E-state index is 12.1. The van der Waals surface area contributed by atoms with E-state index in [0.29, 0.717) is 11.9 Å². The van der Waals surface area contributed by atoms with Gasteiger partial charge in [-0.3, -0.25) is 10.2 Å². The Morgan fingerprint density at radius 2 is 2.21 bits per heavy atom. The number of amides is 1. The van der Waals surface area contributed by atoms with Crippen molar-refractivity contribution in [3.8, 4) is 0 Å². The summed E-state index contributed by atoms with van der Waals surface area (Å²) < 4.78 is 5.37. The van der Waals surface area contributed by atoms with Crippen LogP contribution >= 0.6 is 0 Å². The van der Waals surface area contributed by atoms with Crippen molar-refractivity contribution in [3.05, 3.63) is 23.9 Å². The number of ether oxygens (including phenoxy) is 1. The zero-order chi connectivity index (χ0) is 17.6. The first-order valence-electron chi connectivity index (χ1n) is 9.09. The number of carbonyl (C=O) groups excluding carboxylic acids is 1. The van der Waals surface area contributed by atoms with Crippen LogP contribution in [0.2, 0.25) is 0 Å². The summed E-state index contributed by atoms with van der Waals surface area (Å²) in [5, 5.41) is 2.84. The van der Waals surface area contributed by atoms with Gasteiger partial charge in [-0.1, -0.05) is 25.8 Å². The Morgan fingerprint density at radius 1 is 1.42 bits per heavy atom. The Morgan fingerprint density at radius 3 is 2.92 bits per heavy atom. The number of hydrogen-bond acceptors (Lipinski definition) is 4. The molecule has 1 unspecified atom stereocenters. The van der Waals surface area contributed by atoms with E-state index in [1.807, 2.05) is 26.8 Å². The second-order valence-corrected chi connectivity index (χ2v) is 7.47. The topological polar surface area (TPSA) is 54.5 Å². The van der Waals surface area contributed by atoms with E-state index < -0.39 is 11.7 Å². The van der Waals surface area contributed by atoms with Crippen LogP contribution < -0.4 is 5.32 Å². The van der Waals surface area contributed by atoms with Crippen molar-refractivity contribution in [1.29, 1.82) is 0 Å². The standard InChI is InChI=1S/C19H31N3O2/c1-5-6-13-22-14-8-7-11-16(22)15-10-9-12-20-17(15)21-18(23)24-19(2,3)4/h9-10,12,16H,5-8,11,13-14H2,1-4H3,(H,20,21,23). The Labute approximate surface area is 145 Å². The molecule has 134 valence electrons. The fourth-order valence-corrected chi connectivity index (χ4v) is 3.16. The van der Waals surface area contributed by atoms with Crippen LogP contribution in [-0.4, -0.2) is 34.7 Å². The lowest BCUT2D eigenvalue weighted by Crippen LogP contribution is -2.35. The summed E-state index contributed by atoms with van der Waals surface area (Å²) >= 11 is 0. The molecule has 1 saturated heterocycles. The molecule has 0 spiro atoms. The van der Waals surface area contributed by atoms with Gasteiger partial charge in [-0.25, -0.2) is 9.78 Å². The van der Waals surface area contributed by atoms with E-state index in [0.717, 1.165) is 25.1 Å². The van der Waals surface area contributed by atoms with E-state index in [9.17, 15) is 4.79 Å². The lowest BCUT2D eigenvalue weighted by Gasteiger charge is -2.36. The molecule has 1 aromatic rings. The number of rotatable bonds is 5. The minimum absolute atomic E-state index is 0.323. The number of pyridine rings is 1. The summed E-state index contributed by atoms with van der Waals surface area (Å²) in [6, 6.07) is 4.35. The molecule has 1 atom stereocenters. The average Bonchev–Trinajstić information content (AvgIpc) is 2.52. The lowest BCUT2D eigenvalue weighted by atomic mass is 9.95. The van der Waals surface area contributed by atoms with Crippen LogP contribution in [0.4, 0.5) is 10.6 Å². The van der Waals surface area contributed by atoms with Gasteiger partial charge in [0.05, 0.1) is 0 Å². The molecular formula is C19H31N3O2. The van der Waals surface area contributed by atoms with Crippen LogP contribution in [-0.2, 0) is 4.74 Å². The summed E-state index contributed by atoms with van der Waals surface area (Å²) in [4.78, 5) is 19.1. The molecule has 1 aliphatic heterocycles. The van der Waals surface area contributed by atoms with Crippen molar-refractivity contribution in [1.82, 2.24) is 9.88 Å². The Hall–Kier alpha value is -1.62. The fraction of sp³-hybridized carbons (Fsp3) is 0.684. The van der Waals surface area contributed by atoms with Gasteiger partial charge in [-0.2, -0.15) is 0 Å². The fourth-order valence-electron chi connectivity index (χ4n) is 3.16. The largest absolute Gasteiger partial charge is 0.444 e. The van der Waals surface area contributed by atoms with Gasteiger partial charge in [0, 0.05) is 17.8 Å². The molecule has 2 rings (SSSR count). The van der Waals surface area contributed by atoms with E-state index in [2.05, 4.69) is 28.2 Å². The molecule has 0 saturated carbocycles. The normalized spacial score (nSPS) is 19.1. The molecule has 5 heteroatoms. The molecule has 2 heterocycles. The van der Waals surface area contributed by atoms with Crippen molar-refractivity contribution in [2.75, 3.05) is 18.4 Å². The van der Waals surface area contributed by atoms with E-state index in [-0.39, 0.29) is 0 Å². The molecule has 5 nitrogen and oxygen atoms in total. The molecule has 0 bridgehead atoms. The first kappa shape index (κ1) is 18.7. The second-order valence-electron chi connectivity index (χ2n) is 7.47. The SMILES string of the molecule is CCCCN1CCCCC1c1cccnc1NC(=O)OC(C)(C)C. The van der Waals surface area contributed by atoms with Gasteiger partial charge < -0.3 is 4.74 Å². The summed E-state index contributed by atoms with van der Waals surface area (Å²) in [5.41, 5.74) is 0.580. The molecule has 1 N–H and O–H groups in total. The second kappa shape index (κ2) is 8.47. The number of aromatic nitrogens is 1. The first-order valence-corrected chi connectivity index (χ1v) is 9.09. The highest BCUT2D eigenvalue weighted by Crippen LogP contribution is 2.34. The summed E-state index contributed by atoms with van der Waals surface area (Å²) in [6.07, 6.45) is 7.24. The predicted molar refractivity (Wildman–Crippen MR) is 97.2 cm³/mol. The molecule has 24 heavy (non-hydrogen) atoms. The highest BCUT2D eigenvalue weighted by molar-refractivity contribution is 5.84. The van der Waals surface area contributed by atoms with Crippen LogP contribution in [0.25, 0.3) is 0 Å². The van der Waals surface area contributed by atoms with E-state index in [1.165, 1.54) is 25.7 Å². The van der Waals surface area contributed by atoms with Gasteiger partial charge in [-0.05, 0) is 59.2 Å². The van der Waals surface area contributed by atoms with Gasteiger partial charge >= 0.3 is 6.09 Å². The van der Waals surface area contributed by atoms with Crippen molar-refractivity contribution >= 4 is 11.9 Å². The number of nitrogens with zero attached hydrogens (tertiary/aromatic N) is 2. The highest BCUT2D eigenvalue weighted by Gasteiger charge is 2.27. The third kappa shape index (κ3) is 5.48. The zero-order valence-corrected chi connectivity index (χ0v) is 15.5. The van der Waals surface area contributed by atoms with E-state index >= 15 is 0 Å². The van der Waals surface area contributed by atoms with Crippen LogP contribution in [0, 0.1) is 0 Å². The number of nitrogens with one attached hydrogen (secondary N) is 1. The zero-order valence-electron chi connectivity index (χ0n) is 15.5. The van der Waals surface area contributed by atoms with Crippen LogP contribution in [0.1, 0.15) is 71.4 Å². The number of carbonyl (C=O) groups is 1. The van der Waals surface area contributed by atoms with Crippen molar-refractivity contribution < 1.29 is 9.53 Å². The third-order valence-electron chi connectivity index (χ3n) is 4.23. The molecular weight excluding hydrogens is 302 g/mol. The lowest BCUT2D eigenvalue weighted by molar-refractivity contribution is 0.0634. The number of unbranched alkanes of at least 4 members (excludes halogenated alkanes) is 1. The quantitative estimate of drug-likeness (QED) is 0.844. The molecule has 0 aliphatic carbocycles. The van der Waals surface area contributed by atoms with Crippen LogP contribution in [0.5, 0.6) is 0 Å². The number of hydrogen-bond donors (Lipinski definition) is 1. The van der Waals surface area contributed by atoms with Crippen molar-refractivity contribution in [2.24, 2.45) is 0 Å². The highest BCUT2D eigenvalue weighted by atomic mass is 16.6. The average molecular weight is 333 g/mol. The molecule has 1 aliphatic rings. The maximum absolute atomic E-state index is 12.1. The summed E-state index contributed by atoms with van der Waals surface area (Å²) in [7, 11) is 0. The molecule has 1 fully saturated rings. The third-order valence-corrected chi connectivity index (χ3v) is 4.23. The molecule has 0 aromatic carbocycles. The maximum Gasteiger partial charge on any atom is 0.413 e. The number of likely N-dealkylation sites (tertiary alicyclic amines) is 1. The van der Waals surface area contributed by atoms with Crippen molar-refractivity contribution in [2.45, 2.75) is 71.4 Å². The molecule has 1 amide bonds. The van der Waals surface area contributed by atoms with Gasteiger partial charge in [0.15, 0.2) is 0 Å².